The lowest BCUT2D eigenvalue weighted by Crippen LogP contribution is -1.92. The molecule has 2 aromatic carbocycles. The fourth-order valence-electron chi connectivity index (χ4n) is 1.61. The average Bonchev–Trinajstić information content (AvgIpc) is 2.46. The van der Waals surface area contributed by atoms with E-state index in [-0.39, 0.29) is 0 Å². The van der Waals surface area contributed by atoms with Crippen molar-refractivity contribution in [3.63, 3.8) is 0 Å². The highest BCUT2D eigenvalue weighted by Crippen LogP contribution is 2.17. The van der Waals surface area contributed by atoms with Crippen LogP contribution >= 0.6 is 11.6 Å². The predicted octanol–water partition coefficient (Wildman–Crippen LogP) is 4.61. The highest BCUT2D eigenvalue weighted by molar-refractivity contribution is 6.17. The zero-order valence-corrected chi connectivity index (χ0v) is 10.9. The maximum absolute atomic E-state index is 5.75. The quantitative estimate of drug-likeness (QED) is 0.562. The van der Waals surface area contributed by atoms with Gasteiger partial charge in [-0.2, -0.15) is 0 Å². The van der Waals surface area contributed by atoms with Crippen molar-refractivity contribution >= 4 is 17.4 Å². The number of ether oxygens (including phenoxy) is 1. The van der Waals surface area contributed by atoms with Crippen molar-refractivity contribution in [2.24, 2.45) is 0 Å². The average molecular weight is 259 g/mol. The van der Waals surface area contributed by atoms with Crippen molar-refractivity contribution in [2.75, 3.05) is 0 Å². The molecule has 2 heteroatoms. The maximum atomic E-state index is 5.75. The standard InChI is InChI=1S/C16H15ClO/c1-13(16-9-7-14(11-17)8-10-16)18-12-15-5-3-2-4-6-15/h2-10H,1,11-12H2. The smallest absolute Gasteiger partial charge is 0.119 e. The summed E-state index contributed by atoms with van der Waals surface area (Å²) in [5, 5.41) is 0. The van der Waals surface area contributed by atoms with E-state index in [0.717, 1.165) is 16.7 Å². The first-order valence-corrected chi connectivity index (χ1v) is 6.34. The molecule has 0 atom stereocenters. The van der Waals surface area contributed by atoms with E-state index in [4.69, 9.17) is 16.3 Å². The number of hydrogen-bond donors (Lipinski definition) is 0. The van der Waals surface area contributed by atoms with Gasteiger partial charge in [0.2, 0.25) is 0 Å². The Bertz CT molecular complexity index is 502. The van der Waals surface area contributed by atoms with E-state index in [9.17, 15) is 0 Å². The lowest BCUT2D eigenvalue weighted by molar-refractivity contribution is 0.265. The van der Waals surface area contributed by atoms with Crippen molar-refractivity contribution in [3.8, 4) is 0 Å². The van der Waals surface area contributed by atoms with Crippen molar-refractivity contribution in [2.45, 2.75) is 12.5 Å². The molecule has 0 N–H and O–H groups in total. The predicted molar refractivity (Wildman–Crippen MR) is 76.3 cm³/mol. The summed E-state index contributed by atoms with van der Waals surface area (Å²) in [7, 11) is 0. The molecule has 2 aromatic rings. The molecule has 0 heterocycles. The molecule has 0 radical (unpaired) electrons. The third kappa shape index (κ3) is 3.38. The van der Waals surface area contributed by atoms with Crippen molar-refractivity contribution in [1.82, 2.24) is 0 Å². The lowest BCUT2D eigenvalue weighted by atomic mass is 10.1. The molecule has 0 fully saturated rings. The van der Waals surface area contributed by atoms with Gasteiger partial charge in [-0.1, -0.05) is 61.2 Å². The molecular weight excluding hydrogens is 244 g/mol. The number of hydrogen-bond acceptors (Lipinski definition) is 1. The van der Waals surface area contributed by atoms with Crippen LogP contribution in [0.3, 0.4) is 0 Å². The van der Waals surface area contributed by atoms with Gasteiger partial charge in [0.1, 0.15) is 12.4 Å². The molecule has 0 saturated carbocycles. The summed E-state index contributed by atoms with van der Waals surface area (Å²) >= 11 is 5.75. The maximum Gasteiger partial charge on any atom is 0.119 e. The highest BCUT2D eigenvalue weighted by atomic mass is 35.5. The Morgan fingerprint density at radius 3 is 2.22 bits per heavy atom. The van der Waals surface area contributed by atoms with Gasteiger partial charge in [-0.3, -0.25) is 0 Å². The molecule has 2 rings (SSSR count). The molecule has 0 aliphatic carbocycles. The molecule has 0 aliphatic rings. The summed E-state index contributed by atoms with van der Waals surface area (Å²) in [6, 6.07) is 18.0. The molecule has 0 aromatic heterocycles. The van der Waals surface area contributed by atoms with E-state index in [1.807, 2.05) is 54.6 Å². The van der Waals surface area contributed by atoms with Crippen molar-refractivity contribution in [1.29, 1.82) is 0 Å². The topological polar surface area (TPSA) is 9.23 Å². The highest BCUT2D eigenvalue weighted by Gasteiger charge is 2.00. The van der Waals surface area contributed by atoms with Gasteiger partial charge in [-0.05, 0) is 11.1 Å². The zero-order valence-electron chi connectivity index (χ0n) is 10.1. The summed E-state index contributed by atoms with van der Waals surface area (Å²) < 4.78 is 5.66. The lowest BCUT2D eigenvalue weighted by Gasteiger charge is -2.09. The third-order valence-electron chi connectivity index (χ3n) is 2.69. The Balaban J connectivity index is 1.95. The molecule has 0 saturated heterocycles. The van der Waals surface area contributed by atoms with Gasteiger partial charge >= 0.3 is 0 Å². The van der Waals surface area contributed by atoms with Gasteiger partial charge in [0.05, 0.1) is 0 Å². The Labute approximate surface area is 113 Å². The first-order valence-electron chi connectivity index (χ1n) is 5.80. The van der Waals surface area contributed by atoms with Gasteiger partial charge in [0.25, 0.3) is 0 Å². The van der Waals surface area contributed by atoms with Gasteiger partial charge in [0.15, 0.2) is 0 Å². The molecular formula is C16H15ClO. The summed E-state index contributed by atoms with van der Waals surface area (Å²) in [4.78, 5) is 0. The minimum Gasteiger partial charge on any atom is -0.489 e. The van der Waals surface area contributed by atoms with Crippen LogP contribution in [0.2, 0.25) is 0 Å². The minimum absolute atomic E-state index is 0.525. The summed E-state index contributed by atoms with van der Waals surface area (Å²) in [5.74, 6) is 1.21. The van der Waals surface area contributed by atoms with Crippen molar-refractivity contribution < 1.29 is 4.74 Å². The molecule has 18 heavy (non-hydrogen) atoms. The van der Waals surface area contributed by atoms with Crippen LogP contribution in [0.5, 0.6) is 0 Å². The fraction of sp³-hybridized carbons (Fsp3) is 0.125. The number of alkyl halides is 1. The number of rotatable bonds is 5. The van der Waals surface area contributed by atoms with Gasteiger partial charge in [-0.15, -0.1) is 11.6 Å². The monoisotopic (exact) mass is 258 g/mol. The van der Waals surface area contributed by atoms with Crippen LogP contribution in [0.1, 0.15) is 16.7 Å². The Kier molecular flexibility index (Phi) is 4.43. The van der Waals surface area contributed by atoms with Crippen LogP contribution < -0.4 is 0 Å². The van der Waals surface area contributed by atoms with E-state index in [1.54, 1.807) is 0 Å². The van der Waals surface area contributed by atoms with Crippen LogP contribution in [-0.4, -0.2) is 0 Å². The second-order valence-electron chi connectivity index (χ2n) is 4.03. The molecule has 0 spiro atoms. The van der Waals surface area contributed by atoms with Crippen molar-refractivity contribution in [3.05, 3.63) is 77.9 Å². The first-order chi connectivity index (χ1) is 8.79. The van der Waals surface area contributed by atoms with Crippen LogP contribution in [0.25, 0.3) is 5.76 Å². The molecule has 0 unspecified atom stereocenters. The van der Waals surface area contributed by atoms with Crippen LogP contribution in [0.4, 0.5) is 0 Å². The SMILES string of the molecule is C=C(OCc1ccccc1)c1ccc(CCl)cc1. The van der Waals surface area contributed by atoms with E-state index >= 15 is 0 Å². The van der Waals surface area contributed by atoms with Crippen LogP contribution in [-0.2, 0) is 17.2 Å². The third-order valence-corrected chi connectivity index (χ3v) is 2.99. The largest absolute Gasteiger partial charge is 0.489 e. The molecule has 92 valence electrons. The fourth-order valence-corrected chi connectivity index (χ4v) is 1.79. The Hall–Kier alpha value is -1.73. The normalized spacial score (nSPS) is 10.1. The summed E-state index contributed by atoms with van der Waals surface area (Å²) in [6.07, 6.45) is 0. The van der Waals surface area contributed by atoms with Gasteiger partial charge < -0.3 is 4.74 Å². The van der Waals surface area contributed by atoms with E-state index < -0.39 is 0 Å². The van der Waals surface area contributed by atoms with E-state index in [2.05, 4.69) is 6.58 Å². The first kappa shape index (κ1) is 12.7. The molecule has 0 aliphatic heterocycles. The number of benzene rings is 2. The summed E-state index contributed by atoms with van der Waals surface area (Å²) in [5.41, 5.74) is 3.21. The van der Waals surface area contributed by atoms with E-state index in [0.29, 0.717) is 18.2 Å². The Morgan fingerprint density at radius 1 is 0.944 bits per heavy atom. The Morgan fingerprint density at radius 2 is 1.61 bits per heavy atom. The number of halogens is 1. The molecule has 1 nitrogen and oxygen atoms in total. The second kappa shape index (κ2) is 6.27. The second-order valence-corrected chi connectivity index (χ2v) is 4.30. The van der Waals surface area contributed by atoms with Gasteiger partial charge in [-0.25, -0.2) is 0 Å². The van der Waals surface area contributed by atoms with Gasteiger partial charge in [0, 0.05) is 11.4 Å². The van der Waals surface area contributed by atoms with Crippen LogP contribution in [0, 0.1) is 0 Å². The zero-order chi connectivity index (χ0) is 12.8. The minimum atomic E-state index is 0.525. The van der Waals surface area contributed by atoms with E-state index in [1.165, 1.54) is 0 Å². The van der Waals surface area contributed by atoms with Crippen LogP contribution in [0.15, 0.2) is 61.2 Å². The molecule has 0 amide bonds. The summed E-state index contributed by atoms with van der Waals surface area (Å²) in [6.45, 7) is 4.48. The molecule has 0 bridgehead atoms.